The first kappa shape index (κ1) is 14.7. The third-order valence-electron chi connectivity index (χ3n) is 1.67. The van der Waals surface area contributed by atoms with Gasteiger partial charge in [0.15, 0.2) is 0 Å². The molecule has 0 unspecified atom stereocenters. The minimum Gasteiger partial charge on any atom is -0.355 e. The Hall–Kier alpha value is -1.30. The SMILES string of the molecule is CCNC(=O)CN(C)C(=O)NC(=O)CCCl. The van der Waals surface area contributed by atoms with Gasteiger partial charge in [-0.05, 0) is 6.92 Å². The van der Waals surface area contributed by atoms with E-state index in [1.165, 1.54) is 7.05 Å². The van der Waals surface area contributed by atoms with Crippen LogP contribution in [0.25, 0.3) is 0 Å². The number of carbonyl (C=O) groups is 3. The lowest BCUT2D eigenvalue weighted by molar-refractivity contribution is -0.122. The van der Waals surface area contributed by atoms with Crippen LogP contribution in [0.4, 0.5) is 4.79 Å². The summed E-state index contributed by atoms with van der Waals surface area (Å²) in [5.41, 5.74) is 0. The van der Waals surface area contributed by atoms with Crippen molar-refractivity contribution in [3.63, 3.8) is 0 Å². The normalized spacial score (nSPS) is 9.44. The van der Waals surface area contributed by atoms with Gasteiger partial charge in [0, 0.05) is 25.9 Å². The molecule has 16 heavy (non-hydrogen) atoms. The molecular formula is C9H16ClN3O3. The Morgan fingerprint density at radius 3 is 2.38 bits per heavy atom. The van der Waals surface area contributed by atoms with Crippen molar-refractivity contribution in [3.8, 4) is 0 Å². The molecule has 0 rings (SSSR count). The zero-order valence-corrected chi connectivity index (χ0v) is 10.1. The fraction of sp³-hybridized carbons (Fsp3) is 0.667. The fourth-order valence-corrected chi connectivity index (χ4v) is 1.07. The number of halogens is 1. The minimum atomic E-state index is -0.610. The molecule has 0 fully saturated rings. The highest BCUT2D eigenvalue weighted by molar-refractivity contribution is 6.19. The molecule has 0 aliphatic heterocycles. The first-order chi connectivity index (χ1) is 7.51. The van der Waals surface area contributed by atoms with Gasteiger partial charge in [-0.25, -0.2) is 4.79 Å². The van der Waals surface area contributed by atoms with Crippen molar-refractivity contribution < 1.29 is 14.4 Å². The summed E-state index contributed by atoms with van der Waals surface area (Å²) in [4.78, 5) is 34.6. The lowest BCUT2D eigenvalue weighted by Gasteiger charge is -2.16. The van der Waals surface area contributed by atoms with Gasteiger partial charge in [0.1, 0.15) is 6.54 Å². The van der Waals surface area contributed by atoms with Crippen LogP contribution in [0.15, 0.2) is 0 Å². The maximum absolute atomic E-state index is 11.3. The van der Waals surface area contributed by atoms with Crippen LogP contribution in [-0.2, 0) is 9.59 Å². The summed E-state index contributed by atoms with van der Waals surface area (Å²) >= 11 is 5.34. The van der Waals surface area contributed by atoms with E-state index in [1.807, 2.05) is 0 Å². The number of likely N-dealkylation sites (N-methyl/N-ethyl adjacent to an activating group) is 2. The number of nitrogens with zero attached hydrogens (tertiary/aromatic N) is 1. The molecule has 0 aliphatic rings. The Balaban J connectivity index is 3.99. The maximum Gasteiger partial charge on any atom is 0.324 e. The second-order valence-corrected chi connectivity index (χ2v) is 3.48. The summed E-state index contributed by atoms with van der Waals surface area (Å²) < 4.78 is 0. The summed E-state index contributed by atoms with van der Waals surface area (Å²) in [7, 11) is 1.43. The molecule has 92 valence electrons. The molecule has 0 radical (unpaired) electrons. The van der Waals surface area contributed by atoms with E-state index in [0.717, 1.165) is 4.90 Å². The molecule has 0 heterocycles. The van der Waals surface area contributed by atoms with Crippen LogP contribution in [0.3, 0.4) is 0 Å². The number of carbonyl (C=O) groups excluding carboxylic acids is 3. The molecular weight excluding hydrogens is 234 g/mol. The van der Waals surface area contributed by atoms with Crippen molar-refractivity contribution in [1.82, 2.24) is 15.5 Å². The molecule has 0 spiro atoms. The molecule has 2 N–H and O–H groups in total. The average Bonchev–Trinajstić information content (AvgIpc) is 2.17. The highest BCUT2D eigenvalue weighted by Crippen LogP contribution is 1.88. The smallest absolute Gasteiger partial charge is 0.324 e. The van der Waals surface area contributed by atoms with Gasteiger partial charge in [0.05, 0.1) is 0 Å². The first-order valence-electron chi connectivity index (χ1n) is 4.88. The number of amides is 4. The zero-order valence-electron chi connectivity index (χ0n) is 9.38. The summed E-state index contributed by atoms with van der Waals surface area (Å²) in [5, 5.41) is 4.65. The Labute approximate surface area is 99.3 Å². The van der Waals surface area contributed by atoms with Gasteiger partial charge in [-0.15, -0.1) is 11.6 Å². The number of imide groups is 1. The summed E-state index contributed by atoms with van der Waals surface area (Å²) in [6.07, 6.45) is 0.0717. The lowest BCUT2D eigenvalue weighted by atomic mass is 10.4. The van der Waals surface area contributed by atoms with Gasteiger partial charge in [0.25, 0.3) is 0 Å². The number of rotatable bonds is 5. The molecule has 0 aromatic rings. The monoisotopic (exact) mass is 249 g/mol. The number of alkyl halides is 1. The van der Waals surface area contributed by atoms with E-state index < -0.39 is 11.9 Å². The molecule has 0 saturated carbocycles. The van der Waals surface area contributed by atoms with Gasteiger partial charge in [-0.1, -0.05) is 0 Å². The molecule has 4 amide bonds. The molecule has 6 nitrogen and oxygen atoms in total. The number of hydrogen-bond donors (Lipinski definition) is 2. The van der Waals surface area contributed by atoms with Crippen molar-refractivity contribution in [2.24, 2.45) is 0 Å². The van der Waals surface area contributed by atoms with Crippen LogP contribution < -0.4 is 10.6 Å². The zero-order chi connectivity index (χ0) is 12.6. The highest BCUT2D eigenvalue weighted by atomic mass is 35.5. The van der Waals surface area contributed by atoms with Crippen molar-refractivity contribution in [1.29, 1.82) is 0 Å². The van der Waals surface area contributed by atoms with Gasteiger partial charge >= 0.3 is 6.03 Å². The van der Waals surface area contributed by atoms with Gasteiger partial charge in [0.2, 0.25) is 11.8 Å². The van der Waals surface area contributed by atoms with E-state index >= 15 is 0 Å². The standard InChI is InChI=1S/C9H16ClN3O3/c1-3-11-8(15)6-13(2)9(16)12-7(14)4-5-10/h3-6H2,1-2H3,(H,11,15)(H,12,14,16). The van der Waals surface area contributed by atoms with E-state index in [9.17, 15) is 14.4 Å². The summed E-state index contributed by atoms with van der Waals surface area (Å²) in [6, 6.07) is -0.610. The molecule has 0 atom stereocenters. The molecule has 0 aromatic carbocycles. The first-order valence-corrected chi connectivity index (χ1v) is 5.42. The van der Waals surface area contributed by atoms with E-state index in [1.54, 1.807) is 6.92 Å². The van der Waals surface area contributed by atoms with E-state index in [2.05, 4.69) is 10.6 Å². The molecule has 7 heteroatoms. The Bertz CT molecular complexity index is 271. The van der Waals surface area contributed by atoms with Crippen molar-refractivity contribution in [3.05, 3.63) is 0 Å². The van der Waals surface area contributed by atoms with E-state index in [0.29, 0.717) is 6.54 Å². The van der Waals surface area contributed by atoms with Gasteiger partial charge in [-0.2, -0.15) is 0 Å². The fourth-order valence-electron chi connectivity index (χ4n) is 0.903. The average molecular weight is 250 g/mol. The van der Waals surface area contributed by atoms with Crippen molar-refractivity contribution in [2.75, 3.05) is 26.0 Å². The molecule has 0 aromatic heterocycles. The quantitative estimate of drug-likeness (QED) is 0.669. The topological polar surface area (TPSA) is 78.5 Å². The predicted octanol–water partition coefficient (Wildman–Crippen LogP) is -0.0806. The second-order valence-electron chi connectivity index (χ2n) is 3.10. The van der Waals surface area contributed by atoms with Crippen LogP contribution in [0.1, 0.15) is 13.3 Å². The largest absolute Gasteiger partial charge is 0.355 e. The molecule has 0 saturated heterocycles. The van der Waals surface area contributed by atoms with Crippen LogP contribution in [0, 0.1) is 0 Å². The van der Waals surface area contributed by atoms with Gasteiger partial charge in [-0.3, -0.25) is 14.9 Å². The lowest BCUT2D eigenvalue weighted by Crippen LogP contribution is -2.45. The van der Waals surface area contributed by atoms with Crippen LogP contribution in [0.5, 0.6) is 0 Å². The van der Waals surface area contributed by atoms with E-state index in [4.69, 9.17) is 11.6 Å². The summed E-state index contributed by atoms with van der Waals surface area (Å²) in [5.74, 6) is -0.577. The Morgan fingerprint density at radius 1 is 1.25 bits per heavy atom. The summed E-state index contributed by atoms with van der Waals surface area (Å²) in [6.45, 7) is 2.19. The van der Waals surface area contributed by atoms with Crippen LogP contribution in [0.2, 0.25) is 0 Å². The maximum atomic E-state index is 11.3. The molecule has 0 aliphatic carbocycles. The number of nitrogens with one attached hydrogen (secondary N) is 2. The second kappa shape index (κ2) is 7.92. The molecule has 0 bridgehead atoms. The van der Waals surface area contributed by atoms with Crippen LogP contribution in [-0.4, -0.2) is 48.8 Å². The minimum absolute atomic E-state index is 0.0717. The van der Waals surface area contributed by atoms with Gasteiger partial charge < -0.3 is 10.2 Å². The number of hydrogen-bond acceptors (Lipinski definition) is 3. The van der Waals surface area contributed by atoms with Crippen molar-refractivity contribution in [2.45, 2.75) is 13.3 Å². The third kappa shape index (κ3) is 6.23. The Morgan fingerprint density at radius 2 is 1.88 bits per heavy atom. The third-order valence-corrected chi connectivity index (χ3v) is 1.86. The van der Waals surface area contributed by atoms with E-state index in [-0.39, 0.29) is 24.8 Å². The van der Waals surface area contributed by atoms with Crippen LogP contribution >= 0.6 is 11.6 Å². The Kier molecular flexibility index (Phi) is 7.28. The highest BCUT2D eigenvalue weighted by Gasteiger charge is 2.14. The number of urea groups is 1. The van der Waals surface area contributed by atoms with Crippen molar-refractivity contribution >= 4 is 29.4 Å². The predicted molar refractivity (Wildman–Crippen MR) is 60.2 cm³/mol.